The normalized spacial score (nSPS) is 19.1. The minimum absolute atomic E-state index is 0.0361. The number of carbonyl (C=O) groups excluding carboxylic acids is 1. The van der Waals surface area contributed by atoms with E-state index in [1.165, 1.54) is 18.5 Å². The van der Waals surface area contributed by atoms with Crippen molar-refractivity contribution in [2.24, 2.45) is 5.92 Å². The Hall–Kier alpha value is -0.760. The van der Waals surface area contributed by atoms with Gasteiger partial charge in [-0.2, -0.15) is 0 Å². The van der Waals surface area contributed by atoms with Gasteiger partial charge in [-0.1, -0.05) is 0 Å². The molecule has 0 spiro atoms. The third-order valence-electron chi connectivity index (χ3n) is 3.82. The molecule has 0 aromatic carbocycles. The Bertz CT molecular complexity index is 443. The molecule has 1 saturated carbocycles. The van der Waals surface area contributed by atoms with Crippen LogP contribution in [0.4, 0.5) is 0 Å². The second-order valence-corrected chi connectivity index (χ2v) is 5.87. The van der Waals surface area contributed by atoms with Gasteiger partial charge in [0.2, 0.25) is 0 Å². The summed E-state index contributed by atoms with van der Waals surface area (Å²) in [5.74, 6) is 0.824. The van der Waals surface area contributed by atoms with E-state index in [1.54, 1.807) is 6.92 Å². The first-order valence-electron chi connectivity index (χ1n) is 6.30. The summed E-state index contributed by atoms with van der Waals surface area (Å²) in [6, 6.07) is 2.48. The van der Waals surface area contributed by atoms with Crippen LogP contribution < -0.4 is 0 Å². The molecule has 2 nitrogen and oxygen atoms in total. The number of carbonyl (C=O) groups is 1. The third kappa shape index (κ3) is 2.28. The second-order valence-electron chi connectivity index (χ2n) is 5.21. The molecule has 0 saturated heterocycles. The standard InChI is InChI=1S/C14H20ClNO/c1-8-7-13(14(17)9(2)15)11(4)16(8)10(3)12-5-6-12/h7,9-10,12H,5-6H2,1-4H3. The zero-order valence-electron chi connectivity index (χ0n) is 11.0. The Labute approximate surface area is 108 Å². The molecule has 2 rings (SSSR count). The topological polar surface area (TPSA) is 22.0 Å². The van der Waals surface area contributed by atoms with Crippen LogP contribution in [0.3, 0.4) is 0 Å². The van der Waals surface area contributed by atoms with Crippen molar-refractivity contribution in [2.45, 2.75) is 52.0 Å². The zero-order chi connectivity index (χ0) is 12.7. The first-order valence-corrected chi connectivity index (χ1v) is 6.73. The van der Waals surface area contributed by atoms with E-state index in [4.69, 9.17) is 11.6 Å². The highest BCUT2D eigenvalue weighted by molar-refractivity contribution is 6.33. The van der Waals surface area contributed by atoms with Crippen molar-refractivity contribution >= 4 is 17.4 Å². The summed E-state index contributed by atoms with van der Waals surface area (Å²) in [6.45, 7) is 8.08. The summed E-state index contributed by atoms with van der Waals surface area (Å²) >= 11 is 5.89. The first-order chi connectivity index (χ1) is 7.93. The molecule has 1 aromatic heterocycles. The van der Waals surface area contributed by atoms with Gasteiger partial charge in [0.15, 0.2) is 5.78 Å². The van der Waals surface area contributed by atoms with Crippen LogP contribution >= 0.6 is 11.6 Å². The third-order valence-corrected chi connectivity index (χ3v) is 4.02. The number of Topliss-reactive ketones (excluding diaryl/α,β-unsaturated/α-hetero) is 1. The van der Waals surface area contributed by atoms with E-state index in [1.807, 2.05) is 13.0 Å². The maximum Gasteiger partial charge on any atom is 0.182 e. The number of nitrogens with zero attached hydrogens (tertiary/aromatic N) is 1. The van der Waals surface area contributed by atoms with E-state index < -0.39 is 5.38 Å². The van der Waals surface area contributed by atoms with E-state index in [2.05, 4.69) is 18.4 Å². The van der Waals surface area contributed by atoms with Crippen molar-refractivity contribution in [3.05, 3.63) is 23.0 Å². The molecule has 1 aliphatic rings. The molecule has 0 bridgehead atoms. The highest BCUT2D eigenvalue weighted by atomic mass is 35.5. The molecule has 1 fully saturated rings. The van der Waals surface area contributed by atoms with Gasteiger partial charge in [-0.15, -0.1) is 11.6 Å². The quantitative estimate of drug-likeness (QED) is 0.590. The summed E-state index contributed by atoms with van der Waals surface area (Å²) in [5.41, 5.74) is 3.03. The van der Waals surface area contributed by atoms with Gasteiger partial charge in [-0.05, 0) is 52.5 Å². The lowest BCUT2D eigenvalue weighted by Crippen LogP contribution is -2.14. The van der Waals surface area contributed by atoms with Crippen molar-refractivity contribution < 1.29 is 4.79 Å². The Morgan fingerprint density at radius 1 is 1.41 bits per heavy atom. The predicted molar refractivity (Wildman–Crippen MR) is 71.0 cm³/mol. The molecule has 0 aliphatic heterocycles. The molecule has 0 radical (unpaired) electrons. The number of aryl methyl sites for hydroxylation is 1. The lowest BCUT2D eigenvalue weighted by atomic mass is 10.1. The highest BCUT2D eigenvalue weighted by Gasteiger charge is 2.31. The van der Waals surface area contributed by atoms with Crippen molar-refractivity contribution in [2.75, 3.05) is 0 Å². The Morgan fingerprint density at radius 2 is 2.00 bits per heavy atom. The Balaban J connectivity index is 2.37. The van der Waals surface area contributed by atoms with Crippen LogP contribution in [0.25, 0.3) is 0 Å². The van der Waals surface area contributed by atoms with Gasteiger partial charge in [-0.3, -0.25) is 4.79 Å². The maximum atomic E-state index is 12.0. The lowest BCUT2D eigenvalue weighted by Gasteiger charge is -2.18. The van der Waals surface area contributed by atoms with Gasteiger partial charge in [0.25, 0.3) is 0 Å². The molecule has 2 unspecified atom stereocenters. The van der Waals surface area contributed by atoms with Crippen LogP contribution in [0.1, 0.15) is 54.5 Å². The van der Waals surface area contributed by atoms with Crippen LogP contribution in [0.5, 0.6) is 0 Å². The van der Waals surface area contributed by atoms with Crippen LogP contribution in [-0.2, 0) is 0 Å². The minimum Gasteiger partial charge on any atom is -0.345 e. The number of hydrogen-bond donors (Lipinski definition) is 0. The first kappa shape index (κ1) is 12.7. The average Bonchev–Trinajstić information content (AvgIpc) is 3.04. The van der Waals surface area contributed by atoms with Gasteiger partial charge in [0.1, 0.15) is 0 Å². The van der Waals surface area contributed by atoms with Gasteiger partial charge < -0.3 is 4.57 Å². The Kier molecular flexibility index (Phi) is 3.35. The maximum absolute atomic E-state index is 12.0. The van der Waals surface area contributed by atoms with E-state index in [0.717, 1.165) is 17.2 Å². The number of ketones is 1. The molecule has 0 N–H and O–H groups in total. The molecule has 17 heavy (non-hydrogen) atoms. The largest absolute Gasteiger partial charge is 0.345 e. The average molecular weight is 254 g/mol. The summed E-state index contributed by atoms with van der Waals surface area (Å²) in [6.07, 6.45) is 2.63. The van der Waals surface area contributed by atoms with Crippen LogP contribution in [-0.4, -0.2) is 15.7 Å². The number of halogens is 1. The molecule has 1 aliphatic carbocycles. The molecule has 94 valence electrons. The summed E-state index contributed by atoms with van der Waals surface area (Å²) in [5, 5.41) is -0.444. The molecule has 2 atom stereocenters. The van der Waals surface area contributed by atoms with E-state index >= 15 is 0 Å². The van der Waals surface area contributed by atoms with Crippen molar-refractivity contribution in [1.82, 2.24) is 4.57 Å². The molecular weight excluding hydrogens is 234 g/mol. The smallest absolute Gasteiger partial charge is 0.182 e. The number of alkyl halides is 1. The van der Waals surface area contributed by atoms with Crippen LogP contribution in [0, 0.1) is 19.8 Å². The molecule has 1 aromatic rings. The molecule has 0 amide bonds. The van der Waals surface area contributed by atoms with Gasteiger partial charge >= 0.3 is 0 Å². The van der Waals surface area contributed by atoms with Crippen LogP contribution in [0.2, 0.25) is 0 Å². The van der Waals surface area contributed by atoms with E-state index in [9.17, 15) is 4.79 Å². The minimum atomic E-state index is -0.444. The fourth-order valence-corrected chi connectivity index (χ4v) is 2.77. The monoisotopic (exact) mass is 253 g/mol. The number of hydrogen-bond acceptors (Lipinski definition) is 1. The molecule has 1 heterocycles. The Morgan fingerprint density at radius 3 is 2.47 bits per heavy atom. The van der Waals surface area contributed by atoms with Crippen LogP contribution in [0.15, 0.2) is 6.07 Å². The fraction of sp³-hybridized carbons (Fsp3) is 0.643. The van der Waals surface area contributed by atoms with Gasteiger partial charge in [-0.25, -0.2) is 0 Å². The van der Waals surface area contributed by atoms with Crippen molar-refractivity contribution in [1.29, 1.82) is 0 Å². The fourth-order valence-electron chi connectivity index (χ4n) is 2.66. The lowest BCUT2D eigenvalue weighted by molar-refractivity contribution is 0.0991. The number of aromatic nitrogens is 1. The molecule has 3 heteroatoms. The van der Waals surface area contributed by atoms with Crippen molar-refractivity contribution in [3.8, 4) is 0 Å². The zero-order valence-corrected chi connectivity index (χ0v) is 11.7. The SMILES string of the molecule is Cc1cc(C(=O)C(C)Cl)c(C)n1C(C)C1CC1. The van der Waals surface area contributed by atoms with Gasteiger partial charge in [0.05, 0.1) is 5.38 Å². The van der Waals surface area contributed by atoms with Crippen molar-refractivity contribution in [3.63, 3.8) is 0 Å². The highest BCUT2D eigenvalue weighted by Crippen LogP contribution is 2.41. The van der Waals surface area contributed by atoms with E-state index in [-0.39, 0.29) is 5.78 Å². The summed E-state index contributed by atoms with van der Waals surface area (Å²) in [4.78, 5) is 12.0. The summed E-state index contributed by atoms with van der Waals surface area (Å²) < 4.78 is 2.30. The second kappa shape index (κ2) is 4.49. The van der Waals surface area contributed by atoms with E-state index in [0.29, 0.717) is 6.04 Å². The number of rotatable bonds is 4. The van der Waals surface area contributed by atoms with Gasteiger partial charge in [0, 0.05) is 23.0 Å². The summed E-state index contributed by atoms with van der Waals surface area (Å²) in [7, 11) is 0. The predicted octanol–water partition coefficient (Wildman–Crippen LogP) is 3.89. The molecular formula is C14H20ClNO.